The molecule has 0 fully saturated rings. The van der Waals surface area contributed by atoms with Crippen LogP contribution in [0.15, 0.2) is 152 Å². The van der Waals surface area contributed by atoms with E-state index in [0.29, 0.717) is 0 Å². The Morgan fingerprint density at radius 2 is 1.06 bits per heavy atom. The lowest BCUT2D eigenvalue weighted by molar-refractivity contribution is 0.595. The van der Waals surface area contributed by atoms with Gasteiger partial charge in [-0.15, -0.1) is 0 Å². The van der Waals surface area contributed by atoms with E-state index in [1.54, 1.807) is 12.4 Å². The maximum absolute atomic E-state index is 13.6. The van der Waals surface area contributed by atoms with Crippen LogP contribution in [0.1, 0.15) is 11.1 Å². The number of benzene rings is 5. The van der Waals surface area contributed by atoms with Gasteiger partial charge in [0.05, 0.1) is 22.5 Å². The van der Waals surface area contributed by atoms with E-state index in [1.807, 2.05) is 30.6 Å². The molecule has 5 nitrogen and oxygen atoms in total. The summed E-state index contributed by atoms with van der Waals surface area (Å²) in [4.78, 5) is 8.70. The van der Waals surface area contributed by atoms with Gasteiger partial charge >= 0.3 is 0 Å². The first-order valence-corrected chi connectivity index (χ1v) is 17.7. The molecular weight excluding hydrogens is 611 g/mol. The van der Waals surface area contributed by atoms with E-state index in [1.165, 1.54) is 10.8 Å². The summed E-state index contributed by atoms with van der Waals surface area (Å²) in [6.45, 7) is 0. The molecule has 6 heteroatoms. The van der Waals surface area contributed by atoms with Gasteiger partial charge < -0.3 is 4.57 Å². The predicted octanol–water partition coefficient (Wildman–Crippen LogP) is 9.67. The van der Waals surface area contributed by atoms with Gasteiger partial charge in [-0.25, -0.2) is 8.42 Å². The molecule has 5 aromatic carbocycles. The molecule has 0 atom stereocenters. The van der Waals surface area contributed by atoms with Gasteiger partial charge in [0.15, 0.2) is 9.84 Å². The van der Waals surface area contributed by atoms with Crippen molar-refractivity contribution in [1.82, 2.24) is 14.5 Å². The normalized spacial score (nSPS) is 13.6. The second kappa shape index (κ2) is 11.1. The van der Waals surface area contributed by atoms with Crippen LogP contribution < -0.4 is 0 Å². The van der Waals surface area contributed by atoms with E-state index in [4.69, 9.17) is 0 Å². The van der Waals surface area contributed by atoms with Crippen LogP contribution in [0.5, 0.6) is 0 Å². The molecule has 0 bridgehead atoms. The maximum Gasteiger partial charge on any atom is 0.158 e. The van der Waals surface area contributed by atoms with E-state index in [0.717, 1.165) is 72.4 Å². The van der Waals surface area contributed by atoms with Gasteiger partial charge in [-0.3, -0.25) is 9.97 Å². The fourth-order valence-corrected chi connectivity index (χ4v) is 8.70. The molecule has 0 N–H and O–H groups in total. The highest BCUT2D eigenvalue weighted by atomic mass is 32.2. The Bertz CT molecular complexity index is 2520. The zero-order valence-corrected chi connectivity index (χ0v) is 26.7. The van der Waals surface area contributed by atoms with Crippen LogP contribution in [0.2, 0.25) is 0 Å². The fraction of sp³-hybridized carbons (Fsp3) is 0.0476. The van der Waals surface area contributed by atoms with Crippen LogP contribution in [0, 0.1) is 0 Å². The summed E-state index contributed by atoms with van der Waals surface area (Å²) in [5, 5.41) is 2.38. The fourth-order valence-electron chi connectivity index (χ4n) is 7.16. The summed E-state index contributed by atoms with van der Waals surface area (Å²) in [6.07, 6.45) is 7.27. The van der Waals surface area contributed by atoms with Gasteiger partial charge in [-0.05, 0) is 105 Å². The SMILES string of the molecule is O=S1(=O)Cc2cc(-c3cc(-c4cccnc4)cc(-c4cccnc4)c3)ccc2-c2cc(-n3c4ccccc4c4ccccc43)ccc2C1. The van der Waals surface area contributed by atoms with Crippen molar-refractivity contribution in [2.24, 2.45) is 0 Å². The van der Waals surface area contributed by atoms with E-state index < -0.39 is 9.84 Å². The van der Waals surface area contributed by atoms with Crippen molar-refractivity contribution in [2.45, 2.75) is 11.5 Å². The van der Waals surface area contributed by atoms with Crippen molar-refractivity contribution in [2.75, 3.05) is 0 Å². The summed E-state index contributed by atoms with van der Waals surface area (Å²) in [7, 11) is -3.41. The molecule has 48 heavy (non-hydrogen) atoms. The third-order valence-corrected chi connectivity index (χ3v) is 10.8. The van der Waals surface area contributed by atoms with Crippen LogP contribution in [0.4, 0.5) is 0 Å². The molecule has 1 aliphatic heterocycles. The lowest BCUT2D eigenvalue weighted by atomic mass is 9.90. The van der Waals surface area contributed by atoms with Gasteiger partial charge in [0.25, 0.3) is 0 Å². The Morgan fingerprint density at radius 3 is 1.67 bits per heavy atom. The lowest BCUT2D eigenvalue weighted by Crippen LogP contribution is -2.05. The van der Waals surface area contributed by atoms with Gasteiger partial charge in [0.1, 0.15) is 0 Å². The van der Waals surface area contributed by atoms with E-state index in [9.17, 15) is 8.42 Å². The standard InChI is InChI=1S/C42H29N3O2S/c46-48(47)26-31-13-15-36(45-41-11-3-1-9-38(41)39-10-2-4-12-42(39)45)23-40(31)37-16-14-28(19-35(37)27-48)32-20-33(29-7-5-17-43-24-29)22-34(21-32)30-8-6-18-44-25-30/h1-25H,26-27H2. The van der Waals surface area contributed by atoms with E-state index in [2.05, 4.69) is 124 Å². The highest BCUT2D eigenvalue weighted by Crippen LogP contribution is 2.40. The zero-order valence-electron chi connectivity index (χ0n) is 25.9. The number of aromatic nitrogens is 3. The van der Waals surface area contributed by atoms with Crippen molar-refractivity contribution in [3.05, 3.63) is 163 Å². The number of rotatable bonds is 4. The van der Waals surface area contributed by atoms with Crippen LogP contribution in [0.25, 0.3) is 72.0 Å². The highest BCUT2D eigenvalue weighted by Gasteiger charge is 2.25. The molecule has 0 saturated heterocycles. The van der Waals surface area contributed by atoms with E-state index >= 15 is 0 Å². The molecule has 0 amide bonds. The quantitative estimate of drug-likeness (QED) is 0.192. The third kappa shape index (κ3) is 4.89. The van der Waals surface area contributed by atoms with Crippen molar-refractivity contribution >= 4 is 31.6 Å². The van der Waals surface area contributed by atoms with Crippen LogP contribution in [0.3, 0.4) is 0 Å². The number of hydrogen-bond acceptors (Lipinski definition) is 4. The second-order valence-electron chi connectivity index (χ2n) is 12.4. The molecule has 1 aliphatic rings. The first kappa shape index (κ1) is 28.4. The van der Waals surface area contributed by atoms with Crippen molar-refractivity contribution in [1.29, 1.82) is 0 Å². The number of fused-ring (bicyclic) bond motifs is 6. The van der Waals surface area contributed by atoms with Gasteiger partial charge in [0.2, 0.25) is 0 Å². The zero-order chi connectivity index (χ0) is 32.2. The number of pyridine rings is 2. The molecule has 3 aromatic heterocycles. The molecule has 0 spiro atoms. The minimum absolute atomic E-state index is 0.00144. The third-order valence-electron chi connectivity index (χ3n) is 9.33. The Kier molecular flexibility index (Phi) is 6.59. The topological polar surface area (TPSA) is 64.8 Å². The molecule has 0 saturated carbocycles. The minimum atomic E-state index is -3.41. The Labute approximate surface area is 278 Å². The summed E-state index contributed by atoms with van der Waals surface area (Å²) >= 11 is 0. The van der Waals surface area contributed by atoms with Crippen molar-refractivity contribution < 1.29 is 8.42 Å². The molecule has 0 unspecified atom stereocenters. The van der Waals surface area contributed by atoms with Gasteiger partial charge in [-0.2, -0.15) is 0 Å². The molecule has 0 radical (unpaired) electrons. The first-order valence-electron chi connectivity index (χ1n) is 15.9. The van der Waals surface area contributed by atoms with Gasteiger partial charge in [-0.1, -0.05) is 66.7 Å². The largest absolute Gasteiger partial charge is 0.309 e. The Morgan fingerprint density at radius 1 is 0.479 bits per heavy atom. The number of sulfone groups is 1. The second-order valence-corrected chi connectivity index (χ2v) is 14.5. The minimum Gasteiger partial charge on any atom is -0.309 e. The molecular formula is C42H29N3O2S. The Balaban J connectivity index is 1.22. The molecule has 4 heterocycles. The smallest absolute Gasteiger partial charge is 0.158 e. The monoisotopic (exact) mass is 639 g/mol. The van der Waals surface area contributed by atoms with Crippen molar-refractivity contribution in [3.63, 3.8) is 0 Å². The number of nitrogens with zero attached hydrogens (tertiary/aromatic N) is 3. The van der Waals surface area contributed by atoms with E-state index in [-0.39, 0.29) is 11.5 Å². The number of hydrogen-bond donors (Lipinski definition) is 0. The maximum atomic E-state index is 13.6. The number of para-hydroxylation sites is 2. The van der Waals surface area contributed by atoms with Crippen LogP contribution in [-0.4, -0.2) is 23.0 Å². The summed E-state index contributed by atoms with van der Waals surface area (Å²) in [6, 6.07) is 43.8. The molecule has 0 aliphatic carbocycles. The predicted molar refractivity (Wildman–Crippen MR) is 194 cm³/mol. The average molecular weight is 640 g/mol. The van der Waals surface area contributed by atoms with Crippen LogP contribution >= 0.6 is 0 Å². The summed E-state index contributed by atoms with van der Waals surface area (Å²) < 4.78 is 29.4. The summed E-state index contributed by atoms with van der Waals surface area (Å²) in [5.74, 6) is -0.0191. The molecule has 230 valence electrons. The van der Waals surface area contributed by atoms with Crippen molar-refractivity contribution in [3.8, 4) is 50.2 Å². The Hall–Kier alpha value is -5.85. The first-order chi connectivity index (χ1) is 23.5. The molecule has 8 aromatic rings. The average Bonchev–Trinajstić information content (AvgIpc) is 3.40. The lowest BCUT2D eigenvalue weighted by Gasteiger charge is -2.15. The highest BCUT2D eigenvalue weighted by molar-refractivity contribution is 7.89. The van der Waals surface area contributed by atoms with Gasteiger partial charge in [0, 0.05) is 52.4 Å². The van der Waals surface area contributed by atoms with Crippen LogP contribution in [-0.2, 0) is 21.3 Å². The molecule has 9 rings (SSSR count). The summed E-state index contributed by atoms with van der Waals surface area (Å²) in [5.41, 5.74) is 12.8.